The zero-order chi connectivity index (χ0) is 18.3. The molecule has 134 valence electrons. The van der Waals surface area contributed by atoms with Crippen LogP contribution in [0.5, 0.6) is 0 Å². The molecule has 26 heavy (non-hydrogen) atoms. The second kappa shape index (κ2) is 6.54. The Morgan fingerprint density at radius 3 is 3.08 bits per heavy atom. The van der Waals surface area contributed by atoms with E-state index in [-0.39, 0.29) is 17.8 Å². The third-order valence-electron chi connectivity index (χ3n) is 5.45. The van der Waals surface area contributed by atoms with Crippen molar-refractivity contribution in [2.45, 2.75) is 32.4 Å². The van der Waals surface area contributed by atoms with E-state index in [9.17, 15) is 4.79 Å². The number of fused-ring (bicyclic) bond motifs is 1. The number of aromatic nitrogens is 2. The fraction of sp³-hybridized carbons (Fsp3) is 0.474. The monoisotopic (exact) mass is 351 g/mol. The first-order chi connectivity index (χ1) is 12.6. The van der Waals surface area contributed by atoms with E-state index in [1.807, 2.05) is 11.0 Å². The lowest BCUT2D eigenvalue weighted by Gasteiger charge is -2.23. The number of pyridine rings is 1. The van der Waals surface area contributed by atoms with E-state index in [0.29, 0.717) is 34.9 Å². The van der Waals surface area contributed by atoms with E-state index in [1.165, 1.54) is 6.20 Å². The van der Waals surface area contributed by atoms with Gasteiger partial charge < -0.3 is 14.6 Å². The molecular formula is C19H21N5O2. The van der Waals surface area contributed by atoms with E-state index in [4.69, 9.17) is 9.68 Å². The highest BCUT2D eigenvalue weighted by Crippen LogP contribution is 2.35. The van der Waals surface area contributed by atoms with Crippen LogP contribution < -0.4 is 5.32 Å². The van der Waals surface area contributed by atoms with Gasteiger partial charge in [-0.1, -0.05) is 13.8 Å². The van der Waals surface area contributed by atoms with E-state index < -0.39 is 0 Å². The second-order valence-corrected chi connectivity index (χ2v) is 7.27. The Hall–Kier alpha value is -2.72. The highest BCUT2D eigenvalue weighted by atomic mass is 16.4. The Morgan fingerprint density at radius 2 is 2.31 bits per heavy atom. The molecule has 0 bridgehead atoms. The average Bonchev–Trinajstić information content (AvgIpc) is 3.36. The Kier molecular flexibility index (Phi) is 4.21. The van der Waals surface area contributed by atoms with E-state index in [1.54, 1.807) is 18.3 Å². The fourth-order valence-corrected chi connectivity index (χ4v) is 4.22. The maximum atomic E-state index is 12.9. The number of nitrogens with one attached hydrogen (secondary N) is 1. The predicted octanol–water partition coefficient (Wildman–Crippen LogP) is 2.07. The van der Waals surface area contributed by atoms with Crippen LogP contribution in [0.3, 0.4) is 0 Å². The molecule has 7 heteroatoms. The van der Waals surface area contributed by atoms with Crippen LogP contribution in [0.2, 0.25) is 0 Å². The van der Waals surface area contributed by atoms with Crippen LogP contribution in [-0.4, -0.2) is 45.9 Å². The Morgan fingerprint density at radius 1 is 1.46 bits per heavy atom. The van der Waals surface area contributed by atoms with Crippen molar-refractivity contribution < 1.29 is 9.21 Å². The molecular weight excluding hydrogens is 330 g/mol. The topological polar surface area (TPSA) is 95.0 Å². The van der Waals surface area contributed by atoms with Gasteiger partial charge in [0.05, 0.1) is 6.20 Å². The van der Waals surface area contributed by atoms with Gasteiger partial charge in [-0.2, -0.15) is 5.26 Å². The van der Waals surface area contributed by atoms with Crippen molar-refractivity contribution in [2.24, 2.45) is 11.8 Å². The van der Waals surface area contributed by atoms with Crippen LogP contribution >= 0.6 is 0 Å². The number of likely N-dealkylation sites (tertiary alicyclic amines) is 1. The van der Waals surface area contributed by atoms with Gasteiger partial charge >= 0.3 is 5.91 Å². The average molecular weight is 351 g/mol. The molecule has 4 rings (SSSR count). The Balaban J connectivity index is 1.53. The summed E-state index contributed by atoms with van der Waals surface area (Å²) >= 11 is 0. The zero-order valence-corrected chi connectivity index (χ0v) is 14.8. The number of rotatable bonds is 3. The molecule has 1 amide bonds. The van der Waals surface area contributed by atoms with E-state index >= 15 is 0 Å². The first kappa shape index (κ1) is 16.7. The Labute approximate surface area is 152 Å². The highest BCUT2D eigenvalue weighted by molar-refractivity contribution is 5.90. The lowest BCUT2D eigenvalue weighted by atomic mass is 9.89. The summed E-state index contributed by atoms with van der Waals surface area (Å²) in [5, 5.41) is 12.5. The molecule has 2 saturated heterocycles. The molecule has 2 fully saturated rings. The van der Waals surface area contributed by atoms with Crippen molar-refractivity contribution in [3.63, 3.8) is 0 Å². The van der Waals surface area contributed by atoms with Crippen molar-refractivity contribution in [1.82, 2.24) is 20.2 Å². The second-order valence-electron chi connectivity index (χ2n) is 7.27. The van der Waals surface area contributed by atoms with Crippen LogP contribution in [0.4, 0.5) is 0 Å². The van der Waals surface area contributed by atoms with Gasteiger partial charge in [0, 0.05) is 36.9 Å². The van der Waals surface area contributed by atoms with Gasteiger partial charge in [0.15, 0.2) is 5.76 Å². The molecule has 2 aromatic rings. The molecule has 0 aromatic carbocycles. The largest absolute Gasteiger partial charge is 0.432 e. The van der Waals surface area contributed by atoms with Crippen LogP contribution in [0.25, 0.3) is 11.3 Å². The highest BCUT2D eigenvalue weighted by Gasteiger charge is 2.47. The molecule has 3 atom stereocenters. The number of oxazole rings is 1. The van der Waals surface area contributed by atoms with Crippen LogP contribution in [0.1, 0.15) is 36.6 Å². The summed E-state index contributed by atoms with van der Waals surface area (Å²) in [4.78, 5) is 22.9. The van der Waals surface area contributed by atoms with Gasteiger partial charge in [-0.3, -0.25) is 4.79 Å². The number of carbonyl (C=O) groups is 1. The maximum absolute atomic E-state index is 12.9. The van der Waals surface area contributed by atoms with Gasteiger partial charge in [0.2, 0.25) is 0 Å². The summed E-state index contributed by atoms with van der Waals surface area (Å²) in [6, 6.07) is 6.01. The van der Waals surface area contributed by atoms with Gasteiger partial charge in [0.25, 0.3) is 5.89 Å². The molecule has 7 nitrogen and oxygen atoms in total. The summed E-state index contributed by atoms with van der Waals surface area (Å²) in [6.07, 6.45) is 4.08. The molecule has 0 radical (unpaired) electrons. The van der Waals surface area contributed by atoms with Crippen molar-refractivity contribution in [3.8, 4) is 17.4 Å². The lowest BCUT2D eigenvalue weighted by molar-refractivity contribution is 0.0696. The van der Waals surface area contributed by atoms with Gasteiger partial charge in [-0.25, -0.2) is 9.97 Å². The van der Waals surface area contributed by atoms with Crippen LogP contribution in [-0.2, 0) is 0 Å². The van der Waals surface area contributed by atoms with Crippen LogP contribution in [0.15, 0.2) is 28.9 Å². The maximum Gasteiger partial charge on any atom is 0.310 e. The fourth-order valence-electron chi connectivity index (χ4n) is 4.22. The number of hydrogen-bond acceptors (Lipinski definition) is 6. The van der Waals surface area contributed by atoms with Gasteiger partial charge in [-0.05, 0) is 30.4 Å². The molecule has 1 N–H and O–H groups in total. The predicted molar refractivity (Wildman–Crippen MR) is 94.0 cm³/mol. The minimum atomic E-state index is -0.162. The summed E-state index contributed by atoms with van der Waals surface area (Å²) in [6.45, 7) is 6.00. The molecule has 2 aromatic heterocycles. The standard InChI is InChI=1S/C19H21N5O2/c1-11(2)17-14-4-6-24(15(14)9-22-17)19(25)18-23-10-16(26-18)12-3-5-21-13(7-12)8-20/h3,5,7,10-11,14-15,17,22H,4,6,9H2,1-2H3. The number of nitrogens with zero attached hydrogens (tertiary/aromatic N) is 4. The number of amides is 1. The first-order valence-electron chi connectivity index (χ1n) is 8.95. The minimum absolute atomic E-state index is 0.101. The van der Waals surface area contributed by atoms with Crippen molar-refractivity contribution in [1.29, 1.82) is 5.26 Å². The molecule has 0 aliphatic carbocycles. The summed E-state index contributed by atoms with van der Waals surface area (Å²) < 4.78 is 5.71. The molecule has 2 aliphatic rings. The van der Waals surface area contributed by atoms with Crippen molar-refractivity contribution in [3.05, 3.63) is 36.1 Å². The first-order valence-corrected chi connectivity index (χ1v) is 8.95. The molecule has 0 saturated carbocycles. The third-order valence-corrected chi connectivity index (χ3v) is 5.45. The van der Waals surface area contributed by atoms with Gasteiger partial charge in [-0.15, -0.1) is 0 Å². The molecule has 2 aliphatic heterocycles. The van der Waals surface area contributed by atoms with Crippen molar-refractivity contribution >= 4 is 5.91 Å². The number of carbonyl (C=O) groups excluding carboxylic acids is 1. The molecule has 3 unspecified atom stereocenters. The summed E-state index contributed by atoms with van der Waals surface area (Å²) in [5.41, 5.74) is 0.982. The number of hydrogen-bond donors (Lipinski definition) is 1. The Bertz CT molecular complexity index is 869. The lowest BCUT2D eigenvalue weighted by Crippen LogP contribution is -2.39. The summed E-state index contributed by atoms with van der Waals surface area (Å²) in [5.74, 6) is 1.45. The van der Waals surface area contributed by atoms with Crippen molar-refractivity contribution in [2.75, 3.05) is 13.1 Å². The smallest absolute Gasteiger partial charge is 0.310 e. The van der Waals surface area contributed by atoms with Crippen LogP contribution in [0, 0.1) is 23.2 Å². The van der Waals surface area contributed by atoms with E-state index in [2.05, 4.69) is 29.1 Å². The zero-order valence-electron chi connectivity index (χ0n) is 14.8. The SMILES string of the molecule is CC(C)C1NCC2C1CCN2C(=O)c1ncc(-c2ccnc(C#N)c2)o1. The molecule has 0 spiro atoms. The minimum Gasteiger partial charge on any atom is -0.432 e. The van der Waals surface area contributed by atoms with Gasteiger partial charge in [0.1, 0.15) is 11.8 Å². The third kappa shape index (κ3) is 2.76. The number of nitriles is 1. The normalized spacial score (nSPS) is 24.7. The van der Waals surface area contributed by atoms with E-state index in [0.717, 1.165) is 19.5 Å². The summed E-state index contributed by atoms with van der Waals surface area (Å²) in [7, 11) is 0. The molecule has 4 heterocycles. The quantitative estimate of drug-likeness (QED) is 0.909.